The van der Waals surface area contributed by atoms with Gasteiger partial charge in [-0.2, -0.15) is 0 Å². The van der Waals surface area contributed by atoms with Crippen molar-refractivity contribution in [1.82, 2.24) is 9.97 Å². The van der Waals surface area contributed by atoms with Crippen molar-refractivity contribution in [1.29, 1.82) is 0 Å². The number of aromatic amines is 1. The molecule has 0 amide bonds. The lowest BCUT2D eigenvalue weighted by atomic mass is 9.97. The summed E-state index contributed by atoms with van der Waals surface area (Å²) >= 11 is 0. The maximum atomic E-state index is 12.7. The molecule has 0 atom stereocenters. The highest BCUT2D eigenvalue weighted by Crippen LogP contribution is 2.37. The van der Waals surface area contributed by atoms with Crippen LogP contribution in [0.5, 0.6) is 0 Å². The smallest absolute Gasteiger partial charge is 0.256 e. The molecule has 6 heteroatoms. The molecule has 23 heavy (non-hydrogen) atoms. The number of hydrogen-bond acceptors (Lipinski definition) is 5. The van der Waals surface area contributed by atoms with Crippen LogP contribution in [-0.4, -0.2) is 26.0 Å². The molecular formula is C17H12N2O4. The molecule has 3 aromatic rings. The molecule has 3 N–H and O–H groups in total. The van der Waals surface area contributed by atoms with Crippen LogP contribution in [0.4, 0.5) is 0 Å². The first-order valence-corrected chi connectivity index (χ1v) is 7.08. The summed E-state index contributed by atoms with van der Waals surface area (Å²) in [6.45, 7) is -0.573. The van der Waals surface area contributed by atoms with Crippen molar-refractivity contribution in [3.05, 3.63) is 63.2 Å². The van der Waals surface area contributed by atoms with Gasteiger partial charge in [-0.1, -0.05) is 0 Å². The molecule has 0 aliphatic heterocycles. The lowest BCUT2D eigenvalue weighted by Crippen LogP contribution is -2.11. The number of pyridine rings is 2. The summed E-state index contributed by atoms with van der Waals surface area (Å²) in [6, 6.07) is 4.82. The first-order chi connectivity index (χ1) is 11.2. The number of nitrogens with zero attached hydrogens (tertiary/aromatic N) is 1. The highest BCUT2D eigenvalue weighted by atomic mass is 16.3. The van der Waals surface area contributed by atoms with Gasteiger partial charge < -0.3 is 15.2 Å². The maximum Gasteiger partial charge on any atom is 0.256 e. The van der Waals surface area contributed by atoms with E-state index in [1.807, 2.05) is 0 Å². The Morgan fingerprint density at radius 2 is 1.70 bits per heavy atom. The molecule has 1 aliphatic carbocycles. The molecule has 0 fully saturated rings. The predicted molar refractivity (Wildman–Crippen MR) is 83.1 cm³/mol. The second kappa shape index (κ2) is 4.84. The maximum absolute atomic E-state index is 12.7. The molecule has 0 saturated carbocycles. The van der Waals surface area contributed by atoms with Crippen molar-refractivity contribution in [2.75, 3.05) is 0 Å². The number of rotatable bonds is 2. The second-order valence-electron chi connectivity index (χ2n) is 5.44. The Bertz CT molecular complexity index is 1040. The van der Waals surface area contributed by atoms with Gasteiger partial charge in [-0.15, -0.1) is 0 Å². The fourth-order valence-electron chi connectivity index (χ4n) is 3.12. The van der Waals surface area contributed by atoms with Crippen LogP contribution in [0.2, 0.25) is 0 Å². The fourth-order valence-corrected chi connectivity index (χ4v) is 3.12. The summed E-state index contributed by atoms with van der Waals surface area (Å²) in [4.78, 5) is 31.8. The highest BCUT2D eigenvalue weighted by molar-refractivity contribution is 6.26. The van der Waals surface area contributed by atoms with Gasteiger partial charge >= 0.3 is 0 Å². The van der Waals surface area contributed by atoms with Gasteiger partial charge in [0.2, 0.25) is 0 Å². The molecule has 0 spiro atoms. The predicted octanol–water partition coefficient (Wildman–Crippen LogP) is 1.12. The van der Waals surface area contributed by atoms with Crippen molar-refractivity contribution >= 4 is 16.6 Å². The third-order valence-corrected chi connectivity index (χ3v) is 4.25. The van der Waals surface area contributed by atoms with Crippen LogP contribution < -0.4 is 5.56 Å². The van der Waals surface area contributed by atoms with Crippen LogP contribution in [0.3, 0.4) is 0 Å². The van der Waals surface area contributed by atoms with Crippen molar-refractivity contribution in [2.45, 2.75) is 13.2 Å². The van der Waals surface area contributed by atoms with E-state index in [0.717, 1.165) is 0 Å². The van der Waals surface area contributed by atoms with Gasteiger partial charge in [-0.25, -0.2) is 0 Å². The van der Waals surface area contributed by atoms with Gasteiger partial charge in [0, 0.05) is 28.7 Å². The van der Waals surface area contributed by atoms with Crippen molar-refractivity contribution < 1.29 is 15.0 Å². The third kappa shape index (κ3) is 1.79. The minimum absolute atomic E-state index is 0.204. The van der Waals surface area contributed by atoms with Crippen LogP contribution in [-0.2, 0) is 13.2 Å². The summed E-state index contributed by atoms with van der Waals surface area (Å²) in [5.74, 6) is -0.204. The molecule has 2 heterocycles. The fraction of sp³-hybridized carbons (Fsp3) is 0.118. The molecule has 0 unspecified atom stereocenters. The molecule has 0 saturated heterocycles. The Kier molecular flexibility index (Phi) is 2.90. The van der Waals surface area contributed by atoms with Gasteiger partial charge in [-0.05, 0) is 29.3 Å². The number of ketones is 1. The average molecular weight is 308 g/mol. The van der Waals surface area contributed by atoms with Gasteiger partial charge in [0.05, 0.1) is 30.0 Å². The van der Waals surface area contributed by atoms with E-state index in [1.54, 1.807) is 18.3 Å². The zero-order chi connectivity index (χ0) is 16.1. The molecule has 1 aliphatic rings. The Morgan fingerprint density at radius 3 is 2.39 bits per heavy atom. The minimum Gasteiger partial charge on any atom is -0.392 e. The first-order valence-electron chi connectivity index (χ1n) is 7.08. The number of aliphatic hydroxyl groups is 2. The summed E-state index contributed by atoms with van der Waals surface area (Å²) in [5, 5.41) is 19.7. The Hall–Kier alpha value is -2.83. The Balaban J connectivity index is 2.16. The summed E-state index contributed by atoms with van der Waals surface area (Å²) in [6.07, 6.45) is 3.05. The molecule has 6 nitrogen and oxygen atoms in total. The molecule has 114 valence electrons. The quantitative estimate of drug-likeness (QED) is 0.515. The zero-order valence-corrected chi connectivity index (χ0v) is 12.0. The largest absolute Gasteiger partial charge is 0.392 e. The second-order valence-corrected chi connectivity index (χ2v) is 5.44. The minimum atomic E-state index is -0.338. The summed E-state index contributed by atoms with van der Waals surface area (Å²) in [7, 11) is 0. The van der Waals surface area contributed by atoms with E-state index in [0.29, 0.717) is 44.3 Å². The van der Waals surface area contributed by atoms with Crippen LogP contribution in [0, 0.1) is 0 Å². The van der Waals surface area contributed by atoms with Crippen LogP contribution in [0.15, 0.2) is 35.4 Å². The average Bonchev–Trinajstić information content (AvgIpc) is 2.87. The number of fused-ring (bicyclic) bond motifs is 5. The third-order valence-electron chi connectivity index (χ3n) is 4.25. The van der Waals surface area contributed by atoms with Crippen LogP contribution in [0.25, 0.3) is 22.0 Å². The number of aromatic nitrogens is 2. The van der Waals surface area contributed by atoms with E-state index in [9.17, 15) is 19.8 Å². The highest BCUT2D eigenvalue weighted by Gasteiger charge is 2.30. The molecule has 4 rings (SSSR count). The van der Waals surface area contributed by atoms with E-state index in [4.69, 9.17) is 0 Å². The number of aliphatic hydroxyl groups excluding tert-OH is 2. The number of hydrogen-bond donors (Lipinski definition) is 3. The lowest BCUT2D eigenvalue weighted by molar-refractivity contribution is 0.104. The molecule has 1 aromatic carbocycles. The Morgan fingerprint density at radius 1 is 1.00 bits per heavy atom. The van der Waals surface area contributed by atoms with E-state index in [-0.39, 0.29) is 24.6 Å². The first kappa shape index (κ1) is 13.8. The van der Waals surface area contributed by atoms with Gasteiger partial charge in [0.15, 0.2) is 5.78 Å². The summed E-state index contributed by atoms with van der Waals surface area (Å²) in [5.41, 5.74) is 2.60. The number of carbonyl (C=O) groups excluding carboxylic acids is 1. The molecule has 0 radical (unpaired) electrons. The van der Waals surface area contributed by atoms with Gasteiger partial charge in [0.1, 0.15) is 0 Å². The van der Waals surface area contributed by atoms with E-state index in [2.05, 4.69) is 9.97 Å². The Labute approximate surface area is 130 Å². The van der Waals surface area contributed by atoms with E-state index in [1.165, 1.54) is 12.3 Å². The number of nitrogens with one attached hydrogen (secondary N) is 1. The molecule has 0 bridgehead atoms. The topological polar surface area (TPSA) is 103 Å². The number of carbonyl (C=O) groups is 1. The molecule has 2 aromatic heterocycles. The van der Waals surface area contributed by atoms with Gasteiger partial charge in [0.25, 0.3) is 5.56 Å². The number of H-pyrrole nitrogens is 1. The standard InChI is InChI=1S/C17H12N2O4/c20-6-8-3-11-12(4-9(8)7-21)17(23)19-15-10-1-2-18-5-13(10)16(22)14(11)15/h1-5,20-21H,6-7H2,(H,19,23). The summed E-state index contributed by atoms with van der Waals surface area (Å²) < 4.78 is 0. The van der Waals surface area contributed by atoms with Crippen molar-refractivity contribution in [3.8, 4) is 11.3 Å². The lowest BCUT2D eigenvalue weighted by Gasteiger charge is -2.10. The van der Waals surface area contributed by atoms with Crippen molar-refractivity contribution in [3.63, 3.8) is 0 Å². The van der Waals surface area contributed by atoms with E-state index >= 15 is 0 Å². The van der Waals surface area contributed by atoms with Crippen molar-refractivity contribution in [2.24, 2.45) is 0 Å². The van der Waals surface area contributed by atoms with E-state index < -0.39 is 0 Å². The van der Waals surface area contributed by atoms with Gasteiger partial charge in [-0.3, -0.25) is 14.6 Å². The normalized spacial score (nSPS) is 12.5. The van der Waals surface area contributed by atoms with Crippen LogP contribution in [0.1, 0.15) is 27.0 Å². The van der Waals surface area contributed by atoms with Crippen LogP contribution >= 0.6 is 0 Å². The SMILES string of the molecule is O=C1c2cnccc2-c2[nH]c(=O)c3cc(CO)c(CO)cc3c21. The monoisotopic (exact) mass is 308 g/mol. The number of benzene rings is 1. The zero-order valence-electron chi connectivity index (χ0n) is 12.0. The molecular weight excluding hydrogens is 296 g/mol.